The summed E-state index contributed by atoms with van der Waals surface area (Å²) in [6, 6.07) is 10.0. The lowest BCUT2D eigenvalue weighted by atomic mass is 10.2. The van der Waals surface area contributed by atoms with Gasteiger partial charge in [0.15, 0.2) is 0 Å². The maximum Gasteiger partial charge on any atom is 0.325 e. The van der Waals surface area contributed by atoms with Crippen LogP contribution in [0.1, 0.15) is 5.56 Å². The zero-order valence-corrected chi connectivity index (χ0v) is 14.5. The Bertz CT molecular complexity index is 809. The van der Waals surface area contributed by atoms with Gasteiger partial charge in [-0.05, 0) is 36.4 Å². The van der Waals surface area contributed by atoms with Gasteiger partial charge in [-0.25, -0.2) is 13.6 Å². The number of hydrogen-bond acceptors (Lipinski definition) is 2. The van der Waals surface area contributed by atoms with Gasteiger partial charge in [0.2, 0.25) is 5.91 Å². The van der Waals surface area contributed by atoms with Gasteiger partial charge in [-0.3, -0.25) is 9.69 Å². The van der Waals surface area contributed by atoms with Crippen LogP contribution < -0.4 is 10.2 Å². The molecule has 26 heavy (non-hydrogen) atoms. The van der Waals surface area contributed by atoms with Gasteiger partial charge in [0.1, 0.15) is 18.2 Å². The number of carbonyl (C=O) groups excluding carboxylic acids is 2. The number of nitrogens with one attached hydrogen (secondary N) is 1. The Morgan fingerprint density at radius 2 is 1.73 bits per heavy atom. The normalized spacial score (nSPS) is 14.0. The maximum atomic E-state index is 13.6. The Morgan fingerprint density at radius 3 is 2.38 bits per heavy atom. The topological polar surface area (TPSA) is 52.7 Å². The first-order chi connectivity index (χ1) is 12.5. The van der Waals surface area contributed by atoms with Crippen LogP contribution in [0.15, 0.2) is 42.5 Å². The largest absolute Gasteiger partial charge is 0.350 e. The smallest absolute Gasteiger partial charge is 0.325 e. The highest BCUT2D eigenvalue weighted by Gasteiger charge is 2.30. The number of urea groups is 1. The number of hydrogen-bond donors (Lipinski definition) is 1. The summed E-state index contributed by atoms with van der Waals surface area (Å²) in [5, 5.41) is 3.01. The first-order valence-electron chi connectivity index (χ1n) is 7.97. The van der Waals surface area contributed by atoms with Crippen molar-refractivity contribution in [2.45, 2.75) is 6.54 Å². The lowest BCUT2D eigenvalue weighted by Gasteiger charge is -2.18. The van der Waals surface area contributed by atoms with E-state index < -0.39 is 17.5 Å². The molecular weight excluding hydrogens is 364 g/mol. The lowest BCUT2D eigenvalue weighted by Crippen LogP contribution is -2.39. The highest BCUT2D eigenvalue weighted by atomic mass is 35.5. The highest BCUT2D eigenvalue weighted by molar-refractivity contribution is 6.30. The summed E-state index contributed by atoms with van der Waals surface area (Å²) in [7, 11) is 0. The van der Waals surface area contributed by atoms with Crippen molar-refractivity contribution in [3.8, 4) is 0 Å². The van der Waals surface area contributed by atoms with Crippen molar-refractivity contribution in [3.05, 3.63) is 64.7 Å². The summed E-state index contributed by atoms with van der Waals surface area (Å²) in [6.07, 6.45) is 0. The van der Waals surface area contributed by atoms with E-state index >= 15 is 0 Å². The number of halogens is 3. The van der Waals surface area contributed by atoms with Gasteiger partial charge in [-0.1, -0.05) is 17.7 Å². The Hall–Kier alpha value is -2.67. The molecule has 1 heterocycles. The monoisotopic (exact) mass is 379 g/mol. The molecule has 1 aliphatic rings. The van der Waals surface area contributed by atoms with E-state index in [9.17, 15) is 18.4 Å². The van der Waals surface area contributed by atoms with E-state index in [0.29, 0.717) is 23.8 Å². The minimum absolute atomic E-state index is 0.182. The molecule has 1 saturated heterocycles. The summed E-state index contributed by atoms with van der Waals surface area (Å²) < 4.78 is 27.1. The van der Waals surface area contributed by atoms with Crippen molar-refractivity contribution >= 4 is 29.2 Å². The first-order valence-corrected chi connectivity index (χ1v) is 8.35. The third-order valence-corrected chi connectivity index (χ3v) is 4.34. The molecule has 0 bridgehead atoms. The van der Waals surface area contributed by atoms with Crippen LogP contribution in [-0.4, -0.2) is 36.5 Å². The van der Waals surface area contributed by atoms with Crippen LogP contribution in [0.4, 0.5) is 19.3 Å². The van der Waals surface area contributed by atoms with E-state index in [1.54, 1.807) is 29.2 Å². The number of carbonyl (C=O) groups is 2. The van der Waals surface area contributed by atoms with Gasteiger partial charge in [0, 0.05) is 35.9 Å². The molecular formula is C18H16ClF2N3O2. The van der Waals surface area contributed by atoms with Gasteiger partial charge in [-0.15, -0.1) is 0 Å². The van der Waals surface area contributed by atoms with Gasteiger partial charge in [0.25, 0.3) is 0 Å². The van der Waals surface area contributed by atoms with Crippen LogP contribution in [0.5, 0.6) is 0 Å². The molecule has 2 aromatic carbocycles. The average molecular weight is 380 g/mol. The molecule has 0 saturated carbocycles. The zero-order valence-electron chi connectivity index (χ0n) is 13.7. The van der Waals surface area contributed by atoms with Crippen LogP contribution in [-0.2, 0) is 11.3 Å². The summed E-state index contributed by atoms with van der Waals surface area (Å²) in [6.45, 7) is 0.359. The van der Waals surface area contributed by atoms with Crippen molar-refractivity contribution in [1.29, 1.82) is 0 Å². The SMILES string of the molecule is O=C(CN1CCN(c2ccc(Cl)cc2)C1=O)NCc1c(F)cccc1F. The third-order valence-electron chi connectivity index (χ3n) is 4.09. The molecule has 5 nitrogen and oxygen atoms in total. The van der Waals surface area contributed by atoms with Gasteiger partial charge >= 0.3 is 6.03 Å². The summed E-state index contributed by atoms with van der Waals surface area (Å²) in [4.78, 5) is 27.4. The van der Waals surface area contributed by atoms with Crippen molar-refractivity contribution < 1.29 is 18.4 Å². The molecule has 0 aliphatic carbocycles. The molecule has 3 rings (SSSR count). The molecule has 1 aliphatic heterocycles. The molecule has 0 radical (unpaired) electrons. The predicted molar refractivity (Wildman–Crippen MR) is 94.0 cm³/mol. The summed E-state index contributed by atoms with van der Waals surface area (Å²) in [5.74, 6) is -1.94. The Balaban J connectivity index is 1.57. The van der Waals surface area contributed by atoms with Crippen LogP contribution in [0.2, 0.25) is 5.02 Å². The second-order valence-electron chi connectivity index (χ2n) is 5.81. The molecule has 0 unspecified atom stereocenters. The predicted octanol–water partition coefficient (Wildman–Crippen LogP) is 3.18. The molecule has 1 fully saturated rings. The minimum Gasteiger partial charge on any atom is -0.350 e. The fourth-order valence-electron chi connectivity index (χ4n) is 2.71. The summed E-state index contributed by atoms with van der Waals surface area (Å²) in [5.41, 5.74) is 0.479. The van der Waals surface area contributed by atoms with Crippen molar-refractivity contribution in [1.82, 2.24) is 10.2 Å². The number of amides is 3. The van der Waals surface area contributed by atoms with E-state index in [2.05, 4.69) is 5.32 Å². The van der Waals surface area contributed by atoms with Crippen molar-refractivity contribution in [2.75, 3.05) is 24.5 Å². The quantitative estimate of drug-likeness (QED) is 0.867. The standard InChI is InChI=1S/C18H16ClF2N3O2/c19-12-4-6-13(7-5-12)24-9-8-23(18(24)26)11-17(25)22-10-14-15(20)2-1-3-16(14)21/h1-7H,8-11H2,(H,22,25). The fourth-order valence-corrected chi connectivity index (χ4v) is 2.83. The average Bonchev–Trinajstić information content (AvgIpc) is 2.96. The lowest BCUT2D eigenvalue weighted by molar-refractivity contribution is -0.121. The number of rotatable bonds is 5. The molecule has 8 heteroatoms. The van der Waals surface area contributed by atoms with E-state index in [0.717, 1.165) is 12.1 Å². The Labute approximate surface area is 154 Å². The van der Waals surface area contributed by atoms with Crippen molar-refractivity contribution in [3.63, 3.8) is 0 Å². The fraction of sp³-hybridized carbons (Fsp3) is 0.222. The molecule has 136 valence electrons. The molecule has 0 atom stereocenters. The Kier molecular flexibility index (Phi) is 5.37. The molecule has 1 N–H and O–H groups in total. The molecule has 3 amide bonds. The summed E-state index contributed by atoms with van der Waals surface area (Å²) >= 11 is 5.84. The number of nitrogens with zero attached hydrogens (tertiary/aromatic N) is 2. The second kappa shape index (κ2) is 7.70. The van der Waals surface area contributed by atoms with Crippen LogP contribution in [0.25, 0.3) is 0 Å². The Morgan fingerprint density at radius 1 is 1.08 bits per heavy atom. The van der Waals surface area contributed by atoms with Crippen LogP contribution in [0.3, 0.4) is 0 Å². The zero-order chi connectivity index (χ0) is 18.7. The number of benzene rings is 2. The van der Waals surface area contributed by atoms with Gasteiger partial charge in [-0.2, -0.15) is 0 Å². The molecule has 0 spiro atoms. The maximum absolute atomic E-state index is 13.6. The minimum atomic E-state index is -0.725. The van der Waals surface area contributed by atoms with E-state index in [4.69, 9.17) is 11.6 Å². The second-order valence-corrected chi connectivity index (χ2v) is 6.25. The molecule has 0 aromatic heterocycles. The third kappa shape index (κ3) is 3.94. The first kappa shape index (κ1) is 18.1. The van der Waals surface area contributed by atoms with Gasteiger partial charge < -0.3 is 10.2 Å². The van der Waals surface area contributed by atoms with Gasteiger partial charge in [0.05, 0.1) is 0 Å². The van der Waals surface area contributed by atoms with Crippen LogP contribution in [0, 0.1) is 11.6 Å². The van der Waals surface area contributed by atoms with E-state index in [1.165, 1.54) is 11.0 Å². The highest BCUT2D eigenvalue weighted by Crippen LogP contribution is 2.22. The molecule has 2 aromatic rings. The van der Waals surface area contributed by atoms with E-state index in [-0.39, 0.29) is 24.7 Å². The van der Waals surface area contributed by atoms with Crippen LogP contribution >= 0.6 is 11.6 Å². The van der Waals surface area contributed by atoms with Crippen molar-refractivity contribution in [2.24, 2.45) is 0 Å². The number of anilines is 1. The van der Waals surface area contributed by atoms with E-state index in [1.807, 2.05) is 0 Å².